The van der Waals surface area contributed by atoms with E-state index in [1.54, 1.807) is 31.2 Å². The van der Waals surface area contributed by atoms with Gasteiger partial charge in [0.2, 0.25) is 5.88 Å². The quantitative estimate of drug-likeness (QED) is 0.522. The summed E-state index contributed by atoms with van der Waals surface area (Å²) in [5, 5.41) is 28.2. The molecular formula is C19H21ClN4O2. The van der Waals surface area contributed by atoms with Crippen LogP contribution in [0.15, 0.2) is 39.3 Å². The number of nitrogens with zero attached hydrogens (tertiary/aromatic N) is 4. The maximum atomic E-state index is 12.8. The zero-order valence-corrected chi connectivity index (χ0v) is 15.6. The Morgan fingerprint density at radius 1 is 1.23 bits per heavy atom. The third kappa shape index (κ3) is 4.30. The molecule has 2 aromatic rings. The van der Waals surface area contributed by atoms with Crippen LogP contribution in [0.3, 0.4) is 0 Å². The third-order valence-corrected chi connectivity index (χ3v) is 4.43. The van der Waals surface area contributed by atoms with Crippen molar-refractivity contribution >= 4 is 23.0 Å². The van der Waals surface area contributed by atoms with Crippen molar-refractivity contribution in [2.75, 3.05) is 0 Å². The van der Waals surface area contributed by atoms with Crippen LogP contribution in [-0.2, 0) is 6.54 Å². The highest BCUT2D eigenvalue weighted by Crippen LogP contribution is 2.29. The lowest BCUT2D eigenvalue weighted by atomic mass is 10.1. The molecule has 0 spiro atoms. The largest absolute Gasteiger partial charge is 0.493 e. The molecule has 2 rings (SSSR count). The Hall–Kier alpha value is -2.65. The molecule has 26 heavy (non-hydrogen) atoms. The zero-order chi connectivity index (χ0) is 19.1. The zero-order valence-electron chi connectivity index (χ0n) is 14.9. The van der Waals surface area contributed by atoms with Gasteiger partial charge in [0.05, 0.1) is 5.02 Å². The van der Waals surface area contributed by atoms with E-state index < -0.39 is 5.56 Å². The lowest BCUT2D eigenvalue weighted by Gasteiger charge is -2.12. The maximum Gasteiger partial charge on any atom is 0.281 e. The topological polar surface area (TPSA) is 90.7 Å². The van der Waals surface area contributed by atoms with E-state index in [0.717, 1.165) is 25.7 Å². The van der Waals surface area contributed by atoms with Crippen LogP contribution in [-0.4, -0.2) is 9.67 Å². The Kier molecular flexibility index (Phi) is 6.93. The number of aromatic hydroxyl groups is 1. The second-order valence-electron chi connectivity index (χ2n) is 5.95. The van der Waals surface area contributed by atoms with Crippen LogP contribution in [0.25, 0.3) is 0 Å². The van der Waals surface area contributed by atoms with Crippen LogP contribution in [0, 0.1) is 18.3 Å². The molecule has 0 aliphatic carbocycles. The Labute approximate surface area is 157 Å². The van der Waals surface area contributed by atoms with E-state index in [4.69, 9.17) is 11.6 Å². The molecular weight excluding hydrogens is 352 g/mol. The number of azo groups is 1. The van der Waals surface area contributed by atoms with E-state index >= 15 is 0 Å². The Morgan fingerprint density at radius 2 is 1.96 bits per heavy atom. The molecule has 0 aliphatic rings. The van der Waals surface area contributed by atoms with Gasteiger partial charge in [0.1, 0.15) is 17.3 Å². The lowest BCUT2D eigenvalue weighted by Crippen LogP contribution is -2.22. The SMILES string of the molecule is CCCCCCn1c(O)c(C#N)c(C)c(N=Nc2ccccc2Cl)c1=O. The summed E-state index contributed by atoms with van der Waals surface area (Å²) in [6.45, 7) is 3.99. The highest BCUT2D eigenvalue weighted by Gasteiger charge is 2.19. The van der Waals surface area contributed by atoms with Crippen molar-refractivity contribution < 1.29 is 5.11 Å². The first-order chi connectivity index (χ1) is 12.5. The molecule has 0 saturated heterocycles. The summed E-state index contributed by atoms with van der Waals surface area (Å²) >= 11 is 6.05. The standard InChI is InChI=1S/C19H21ClN4O2/c1-3-4-5-8-11-24-18(25)14(12-21)13(2)17(19(24)26)23-22-16-10-7-6-9-15(16)20/h6-7,9-10,25H,3-5,8,11H2,1-2H3. The monoisotopic (exact) mass is 372 g/mol. The molecule has 0 bridgehead atoms. The molecule has 0 amide bonds. The number of benzene rings is 1. The minimum absolute atomic E-state index is 0.0354. The molecule has 6 nitrogen and oxygen atoms in total. The fraction of sp³-hybridized carbons (Fsp3) is 0.368. The number of nitriles is 1. The summed E-state index contributed by atoms with van der Waals surface area (Å²) in [5.41, 5.74) is 0.332. The van der Waals surface area contributed by atoms with Gasteiger partial charge in [-0.05, 0) is 25.5 Å². The second-order valence-corrected chi connectivity index (χ2v) is 6.36. The first kappa shape index (κ1) is 19.7. The number of halogens is 1. The fourth-order valence-corrected chi connectivity index (χ4v) is 2.77. The van der Waals surface area contributed by atoms with Gasteiger partial charge in [0.25, 0.3) is 5.56 Å². The summed E-state index contributed by atoms with van der Waals surface area (Å²) in [5.74, 6) is -0.316. The number of rotatable bonds is 7. The van der Waals surface area contributed by atoms with Crippen molar-refractivity contribution in [3.63, 3.8) is 0 Å². The van der Waals surface area contributed by atoms with E-state index in [0.29, 0.717) is 22.8 Å². The van der Waals surface area contributed by atoms with Gasteiger partial charge in [-0.25, -0.2) is 0 Å². The van der Waals surface area contributed by atoms with Crippen LogP contribution in [0.4, 0.5) is 11.4 Å². The number of unbranched alkanes of at least 4 members (excludes halogenated alkanes) is 3. The summed E-state index contributed by atoms with van der Waals surface area (Å²) in [7, 11) is 0. The van der Waals surface area contributed by atoms with Crippen LogP contribution in [0.5, 0.6) is 5.88 Å². The molecule has 0 aliphatic heterocycles. The van der Waals surface area contributed by atoms with Gasteiger partial charge in [-0.2, -0.15) is 5.26 Å². The molecule has 0 radical (unpaired) electrons. The van der Waals surface area contributed by atoms with E-state index in [2.05, 4.69) is 17.2 Å². The van der Waals surface area contributed by atoms with Gasteiger partial charge in [-0.3, -0.25) is 9.36 Å². The van der Waals surface area contributed by atoms with E-state index in [9.17, 15) is 15.2 Å². The van der Waals surface area contributed by atoms with E-state index in [1.807, 2.05) is 6.07 Å². The van der Waals surface area contributed by atoms with E-state index in [-0.39, 0.29) is 17.1 Å². The lowest BCUT2D eigenvalue weighted by molar-refractivity contribution is 0.397. The van der Waals surface area contributed by atoms with Crippen molar-refractivity contribution in [1.29, 1.82) is 5.26 Å². The molecule has 1 aromatic carbocycles. The summed E-state index contributed by atoms with van der Waals surface area (Å²) in [4.78, 5) is 12.8. The van der Waals surface area contributed by atoms with Gasteiger partial charge in [-0.1, -0.05) is 49.9 Å². The minimum Gasteiger partial charge on any atom is -0.493 e. The normalized spacial score (nSPS) is 11.0. The average molecular weight is 373 g/mol. The molecule has 1 aromatic heterocycles. The van der Waals surface area contributed by atoms with Gasteiger partial charge in [-0.15, -0.1) is 10.2 Å². The molecule has 0 fully saturated rings. The molecule has 0 atom stereocenters. The summed E-state index contributed by atoms with van der Waals surface area (Å²) in [6.07, 6.45) is 3.78. The highest BCUT2D eigenvalue weighted by atomic mass is 35.5. The van der Waals surface area contributed by atoms with Crippen LogP contribution in [0.1, 0.15) is 43.7 Å². The number of pyridine rings is 1. The molecule has 0 saturated carbocycles. The molecule has 136 valence electrons. The van der Waals surface area contributed by atoms with Crippen LogP contribution < -0.4 is 5.56 Å². The van der Waals surface area contributed by atoms with Crippen molar-refractivity contribution in [2.24, 2.45) is 10.2 Å². The van der Waals surface area contributed by atoms with Crippen molar-refractivity contribution in [3.8, 4) is 11.9 Å². The summed E-state index contributed by atoms with van der Waals surface area (Å²) in [6, 6.07) is 8.82. The first-order valence-corrected chi connectivity index (χ1v) is 8.91. The second kappa shape index (κ2) is 9.16. The van der Waals surface area contributed by atoms with Crippen molar-refractivity contribution in [3.05, 3.63) is 50.8 Å². The Bertz CT molecular complexity index is 913. The van der Waals surface area contributed by atoms with Gasteiger partial charge >= 0.3 is 0 Å². The molecule has 1 N–H and O–H groups in total. The third-order valence-electron chi connectivity index (χ3n) is 4.11. The highest BCUT2D eigenvalue weighted by molar-refractivity contribution is 6.32. The van der Waals surface area contributed by atoms with Gasteiger partial charge < -0.3 is 5.11 Å². The minimum atomic E-state index is -0.466. The smallest absolute Gasteiger partial charge is 0.281 e. The van der Waals surface area contributed by atoms with Gasteiger partial charge in [0.15, 0.2) is 5.69 Å². The van der Waals surface area contributed by atoms with E-state index in [1.165, 1.54) is 4.57 Å². The maximum absolute atomic E-state index is 12.8. The number of aromatic nitrogens is 1. The van der Waals surface area contributed by atoms with Gasteiger partial charge in [0, 0.05) is 12.1 Å². The van der Waals surface area contributed by atoms with Crippen molar-refractivity contribution in [1.82, 2.24) is 4.57 Å². The van der Waals surface area contributed by atoms with Crippen LogP contribution >= 0.6 is 11.6 Å². The summed E-state index contributed by atoms with van der Waals surface area (Å²) < 4.78 is 1.20. The predicted octanol–water partition coefficient (Wildman–Crippen LogP) is 5.38. The molecule has 0 unspecified atom stereocenters. The Balaban J connectivity index is 2.47. The fourth-order valence-electron chi connectivity index (χ4n) is 2.60. The molecule has 1 heterocycles. The Morgan fingerprint density at radius 3 is 2.62 bits per heavy atom. The first-order valence-electron chi connectivity index (χ1n) is 8.54. The van der Waals surface area contributed by atoms with Crippen LogP contribution in [0.2, 0.25) is 5.02 Å². The number of hydrogen-bond donors (Lipinski definition) is 1. The average Bonchev–Trinajstić information content (AvgIpc) is 2.62. The van der Waals surface area contributed by atoms with Crippen molar-refractivity contribution in [2.45, 2.75) is 46.1 Å². The molecule has 7 heteroatoms. The predicted molar refractivity (Wildman–Crippen MR) is 102 cm³/mol. The number of hydrogen-bond acceptors (Lipinski definition) is 5.